The molecular weight excluding hydrogens is 480 g/mol. The summed E-state index contributed by atoms with van der Waals surface area (Å²) in [5.74, 6) is -0.211. The van der Waals surface area contributed by atoms with Crippen molar-refractivity contribution < 1.29 is 14.3 Å². The van der Waals surface area contributed by atoms with Gasteiger partial charge in [-0.05, 0) is 93.7 Å². The molecule has 0 amide bonds. The summed E-state index contributed by atoms with van der Waals surface area (Å²) in [5, 5.41) is 7.18. The molecule has 5 aromatic carbocycles. The van der Waals surface area contributed by atoms with Crippen LogP contribution in [0.1, 0.15) is 48.2 Å². The van der Waals surface area contributed by atoms with Crippen LogP contribution in [0.15, 0.2) is 91.0 Å². The predicted octanol–water partition coefficient (Wildman–Crippen LogP) is 8.66. The monoisotopic (exact) mass is 510 g/mol. The number of carbonyl (C=O) groups is 2. The van der Waals surface area contributed by atoms with Crippen LogP contribution in [-0.2, 0) is 22.4 Å². The SMILES string of the molecule is CCOC(C)=O.O=C(Cl)c1cccc2ccccc12.c1ccc2c(c1)ccc1c3c(ccc12)CCCC3. The maximum atomic E-state index is 11.0. The first kappa shape index (κ1) is 26.4. The largest absolute Gasteiger partial charge is 0.466 e. The molecule has 0 aliphatic heterocycles. The Labute approximate surface area is 223 Å². The summed E-state index contributed by atoms with van der Waals surface area (Å²) < 4.78 is 4.40. The number of halogens is 1. The number of hydrogen-bond acceptors (Lipinski definition) is 3. The minimum Gasteiger partial charge on any atom is -0.466 e. The van der Waals surface area contributed by atoms with Crippen LogP contribution < -0.4 is 0 Å². The second-order valence-corrected chi connectivity index (χ2v) is 9.36. The Kier molecular flexibility index (Phi) is 8.92. The lowest BCUT2D eigenvalue weighted by Gasteiger charge is -2.18. The first-order valence-electron chi connectivity index (χ1n) is 12.7. The molecule has 0 N–H and O–H groups in total. The van der Waals surface area contributed by atoms with Crippen molar-refractivity contribution in [2.75, 3.05) is 6.61 Å². The van der Waals surface area contributed by atoms with Crippen LogP contribution in [0.25, 0.3) is 32.3 Å². The van der Waals surface area contributed by atoms with Crippen LogP contribution in [-0.4, -0.2) is 17.8 Å². The highest BCUT2D eigenvalue weighted by atomic mass is 35.5. The Morgan fingerprint density at radius 2 is 1.32 bits per heavy atom. The zero-order valence-electron chi connectivity index (χ0n) is 21.3. The molecular formula is C33H31ClO3. The van der Waals surface area contributed by atoms with Gasteiger partial charge in [0, 0.05) is 12.5 Å². The van der Waals surface area contributed by atoms with E-state index < -0.39 is 5.24 Å². The highest BCUT2D eigenvalue weighted by Crippen LogP contribution is 2.33. The summed E-state index contributed by atoms with van der Waals surface area (Å²) in [7, 11) is 0. The van der Waals surface area contributed by atoms with Gasteiger partial charge >= 0.3 is 5.97 Å². The molecule has 6 rings (SSSR count). The minimum atomic E-state index is -0.406. The summed E-state index contributed by atoms with van der Waals surface area (Å²) in [6, 6.07) is 31.2. The van der Waals surface area contributed by atoms with Crippen LogP contribution in [0.5, 0.6) is 0 Å². The molecule has 0 radical (unpaired) electrons. The van der Waals surface area contributed by atoms with Gasteiger partial charge in [-0.3, -0.25) is 9.59 Å². The lowest BCUT2D eigenvalue weighted by Crippen LogP contribution is -2.02. The van der Waals surface area contributed by atoms with Gasteiger partial charge in [-0.15, -0.1) is 0 Å². The van der Waals surface area contributed by atoms with Crippen molar-refractivity contribution >= 4 is 55.1 Å². The van der Waals surface area contributed by atoms with Gasteiger partial charge in [0.1, 0.15) is 0 Å². The third kappa shape index (κ3) is 6.36. The summed E-state index contributed by atoms with van der Waals surface area (Å²) in [5.41, 5.74) is 3.74. The molecule has 0 heterocycles. The number of rotatable bonds is 2. The topological polar surface area (TPSA) is 43.4 Å². The molecule has 0 saturated carbocycles. The Hall–Kier alpha value is -3.69. The Morgan fingerprint density at radius 3 is 2.00 bits per heavy atom. The fourth-order valence-electron chi connectivity index (χ4n) is 4.94. The van der Waals surface area contributed by atoms with Crippen molar-refractivity contribution in [2.45, 2.75) is 39.5 Å². The van der Waals surface area contributed by atoms with Crippen LogP contribution >= 0.6 is 11.6 Å². The second kappa shape index (κ2) is 12.5. The van der Waals surface area contributed by atoms with E-state index in [4.69, 9.17) is 11.6 Å². The zero-order valence-corrected chi connectivity index (χ0v) is 22.1. The number of fused-ring (bicyclic) bond motifs is 6. The van der Waals surface area contributed by atoms with Gasteiger partial charge in [-0.25, -0.2) is 0 Å². The molecule has 0 bridgehead atoms. The van der Waals surface area contributed by atoms with Gasteiger partial charge in [-0.1, -0.05) is 84.9 Å². The third-order valence-corrected chi connectivity index (χ3v) is 6.81. The van der Waals surface area contributed by atoms with Crippen molar-refractivity contribution in [1.29, 1.82) is 0 Å². The van der Waals surface area contributed by atoms with E-state index in [1.165, 1.54) is 54.2 Å². The molecule has 0 atom stereocenters. The Morgan fingerprint density at radius 1 is 0.703 bits per heavy atom. The summed E-state index contributed by atoms with van der Waals surface area (Å²) in [6.07, 6.45) is 5.22. The normalized spacial score (nSPS) is 12.1. The fraction of sp³-hybridized carbons (Fsp3) is 0.212. The number of carbonyl (C=O) groups excluding carboxylic acids is 2. The zero-order chi connectivity index (χ0) is 26.2. The summed E-state index contributed by atoms with van der Waals surface area (Å²) in [6.45, 7) is 3.65. The van der Waals surface area contributed by atoms with Crippen molar-refractivity contribution in [3.05, 3.63) is 108 Å². The Bertz CT molecular complexity index is 1550. The molecule has 0 fully saturated rings. The number of ether oxygens (including phenoxy) is 1. The van der Waals surface area contributed by atoms with Crippen LogP contribution in [0, 0.1) is 0 Å². The number of aryl methyl sites for hydroxylation is 2. The first-order valence-corrected chi connectivity index (χ1v) is 13.1. The summed E-state index contributed by atoms with van der Waals surface area (Å²) in [4.78, 5) is 20.8. The van der Waals surface area contributed by atoms with E-state index in [1.807, 2.05) is 36.4 Å². The summed E-state index contributed by atoms with van der Waals surface area (Å²) >= 11 is 5.44. The van der Waals surface area contributed by atoms with Crippen molar-refractivity contribution in [3.8, 4) is 0 Å². The first-order chi connectivity index (χ1) is 18.0. The maximum Gasteiger partial charge on any atom is 0.302 e. The molecule has 1 aliphatic carbocycles. The minimum absolute atomic E-state index is 0.211. The molecule has 3 nitrogen and oxygen atoms in total. The molecule has 0 spiro atoms. The lowest BCUT2D eigenvalue weighted by atomic mass is 9.86. The molecule has 4 heteroatoms. The highest BCUT2D eigenvalue weighted by molar-refractivity contribution is 6.68. The van der Waals surface area contributed by atoms with Crippen molar-refractivity contribution in [3.63, 3.8) is 0 Å². The molecule has 0 unspecified atom stereocenters. The van der Waals surface area contributed by atoms with E-state index in [1.54, 1.807) is 24.1 Å². The molecule has 0 saturated heterocycles. The molecule has 0 aromatic heterocycles. The van der Waals surface area contributed by atoms with E-state index in [0.29, 0.717) is 12.2 Å². The average Bonchev–Trinajstić information content (AvgIpc) is 2.93. The van der Waals surface area contributed by atoms with E-state index in [-0.39, 0.29) is 5.97 Å². The van der Waals surface area contributed by atoms with Crippen LogP contribution in [0.3, 0.4) is 0 Å². The fourth-order valence-corrected chi connectivity index (χ4v) is 5.11. The lowest BCUT2D eigenvalue weighted by molar-refractivity contribution is -0.140. The number of benzene rings is 5. The highest BCUT2D eigenvalue weighted by Gasteiger charge is 2.13. The maximum absolute atomic E-state index is 11.0. The van der Waals surface area contributed by atoms with Crippen LogP contribution in [0.2, 0.25) is 0 Å². The van der Waals surface area contributed by atoms with Crippen LogP contribution in [0.4, 0.5) is 0 Å². The van der Waals surface area contributed by atoms with Gasteiger partial charge in [0.2, 0.25) is 0 Å². The quantitative estimate of drug-likeness (QED) is 0.135. The van der Waals surface area contributed by atoms with E-state index in [2.05, 4.69) is 53.3 Å². The molecule has 1 aliphatic rings. The molecule has 5 aromatic rings. The standard InChI is InChI=1S/C18H16.C11H7ClO.C4H8O2/c1-3-7-15-13(5-1)9-11-18-16-8-4-2-6-14(16)10-12-17(15)18;12-11(13)10-7-3-5-8-4-1-2-6-9(8)10;1-3-6-4(2)5/h1,3,5,7,9-12H,2,4,6,8H2;1-7H;3H2,1-2H3. The predicted molar refractivity (Wildman–Crippen MR) is 155 cm³/mol. The molecule has 188 valence electrons. The van der Waals surface area contributed by atoms with Gasteiger partial charge in [0.15, 0.2) is 0 Å². The smallest absolute Gasteiger partial charge is 0.302 e. The third-order valence-electron chi connectivity index (χ3n) is 6.61. The van der Waals surface area contributed by atoms with Gasteiger partial charge in [0.25, 0.3) is 5.24 Å². The van der Waals surface area contributed by atoms with Crippen molar-refractivity contribution in [2.24, 2.45) is 0 Å². The van der Waals surface area contributed by atoms with Crippen molar-refractivity contribution in [1.82, 2.24) is 0 Å². The Balaban J connectivity index is 0.000000148. The van der Waals surface area contributed by atoms with E-state index in [0.717, 1.165) is 10.8 Å². The van der Waals surface area contributed by atoms with E-state index in [9.17, 15) is 9.59 Å². The van der Waals surface area contributed by atoms with Gasteiger partial charge in [-0.2, -0.15) is 0 Å². The van der Waals surface area contributed by atoms with E-state index >= 15 is 0 Å². The molecule has 37 heavy (non-hydrogen) atoms. The number of hydrogen-bond donors (Lipinski definition) is 0. The van der Waals surface area contributed by atoms with Gasteiger partial charge < -0.3 is 4.74 Å². The second-order valence-electron chi connectivity index (χ2n) is 9.02. The number of esters is 1. The average molecular weight is 511 g/mol. The van der Waals surface area contributed by atoms with Gasteiger partial charge in [0.05, 0.1) is 6.61 Å².